The quantitative estimate of drug-likeness (QED) is 0.763. The molecule has 1 saturated carbocycles. The van der Waals surface area contributed by atoms with E-state index in [9.17, 15) is 0 Å². The molecule has 1 aliphatic carbocycles. The Balaban J connectivity index is 1.76. The Labute approximate surface area is 122 Å². The molecule has 108 valence electrons. The van der Waals surface area contributed by atoms with Crippen molar-refractivity contribution in [3.8, 4) is 0 Å². The lowest BCUT2D eigenvalue weighted by molar-refractivity contribution is 0.375. The molecule has 2 aromatic heterocycles. The highest BCUT2D eigenvalue weighted by molar-refractivity contribution is 7.99. The predicted molar refractivity (Wildman–Crippen MR) is 75.6 cm³/mol. The van der Waals surface area contributed by atoms with Crippen molar-refractivity contribution in [2.45, 2.75) is 62.9 Å². The molecule has 6 nitrogen and oxygen atoms in total. The molecular formula is C13H19N5OS. The first-order valence-corrected chi connectivity index (χ1v) is 8.03. The van der Waals surface area contributed by atoms with Gasteiger partial charge in [0.2, 0.25) is 5.89 Å². The Morgan fingerprint density at radius 2 is 2.15 bits per heavy atom. The van der Waals surface area contributed by atoms with Crippen molar-refractivity contribution in [3.63, 3.8) is 0 Å². The van der Waals surface area contributed by atoms with Gasteiger partial charge in [0.1, 0.15) is 5.82 Å². The number of nitrogens with zero attached hydrogens (tertiary/aromatic N) is 5. The third-order valence-corrected chi connectivity index (χ3v) is 4.50. The third-order valence-electron chi connectivity index (χ3n) is 3.43. The molecule has 3 rings (SSSR count). The second-order valence-electron chi connectivity index (χ2n) is 5.02. The highest BCUT2D eigenvalue weighted by Crippen LogP contribution is 2.41. The first-order chi connectivity index (χ1) is 9.72. The smallest absolute Gasteiger partial charge is 0.239 e. The van der Waals surface area contributed by atoms with Gasteiger partial charge in [-0.25, -0.2) is 0 Å². The summed E-state index contributed by atoms with van der Waals surface area (Å²) in [6, 6.07) is 0. The molecule has 0 N–H and O–H groups in total. The van der Waals surface area contributed by atoms with Gasteiger partial charge in [0.15, 0.2) is 11.0 Å². The van der Waals surface area contributed by atoms with E-state index in [1.54, 1.807) is 11.8 Å². The van der Waals surface area contributed by atoms with E-state index < -0.39 is 0 Å². The summed E-state index contributed by atoms with van der Waals surface area (Å²) in [6.45, 7) is 7.11. The van der Waals surface area contributed by atoms with E-state index in [0.717, 1.165) is 29.8 Å². The van der Waals surface area contributed by atoms with Gasteiger partial charge >= 0.3 is 0 Å². The van der Waals surface area contributed by atoms with E-state index in [1.807, 2.05) is 6.92 Å². The van der Waals surface area contributed by atoms with E-state index >= 15 is 0 Å². The first kappa shape index (κ1) is 13.6. The van der Waals surface area contributed by atoms with Crippen LogP contribution in [0, 0.1) is 0 Å². The van der Waals surface area contributed by atoms with Crippen molar-refractivity contribution < 1.29 is 4.52 Å². The fourth-order valence-corrected chi connectivity index (χ4v) is 3.06. The normalized spacial score (nSPS) is 16.6. The van der Waals surface area contributed by atoms with Crippen molar-refractivity contribution in [3.05, 3.63) is 17.5 Å². The molecule has 0 radical (unpaired) electrons. The van der Waals surface area contributed by atoms with Crippen LogP contribution in [0.15, 0.2) is 9.68 Å². The SMILES string of the molecule is CCc1noc(C(C)Sc2nnc(C3CC3)n2CC)n1. The molecule has 2 heterocycles. The molecule has 1 atom stereocenters. The van der Waals surface area contributed by atoms with Crippen molar-refractivity contribution in [2.75, 3.05) is 0 Å². The Bertz CT molecular complexity index is 589. The van der Waals surface area contributed by atoms with E-state index in [0.29, 0.717) is 11.8 Å². The Hall–Kier alpha value is -1.37. The number of hydrogen-bond acceptors (Lipinski definition) is 6. The summed E-state index contributed by atoms with van der Waals surface area (Å²) in [7, 11) is 0. The molecule has 0 bridgehead atoms. The predicted octanol–water partition coefficient (Wildman–Crippen LogP) is 2.97. The minimum Gasteiger partial charge on any atom is -0.338 e. The maximum absolute atomic E-state index is 5.29. The molecule has 1 unspecified atom stereocenters. The van der Waals surface area contributed by atoms with Crippen LogP contribution in [-0.4, -0.2) is 24.9 Å². The molecule has 1 fully saturated rings. The van der Waals surface area contributed by atoms with Gasteiger partial charge < -0.3 is 9.09 Å². The van der Waals surface area contributed by atoms with Crippen LogP contribution >= 0.6 is 11.8 Å². The summed E-state index contributed by atoms with van der Waals surface area (Å²) in [5.41, 5.74) is 0. The van der Waals surface area contributed by atoms with Crippen LogP contribution in [0.25, 0.3) is 0 Å². The zero-order chi connectivity index (χ0) is 14.1. The van der Waals surface area contributed by atoms with Crippen LogP contribution in [0.1, 0.15) is 62.3 Å². The largest absolute Gasteiger partial charge is 0.338 e. The van der Waals surface area contributed by atoms with E-state index in [-0.39, 0.29) is 5.25 Å². The Morgan fingerprint density at radius 3 is 2.75 bits per heavy atom. The molecule has 2 aromatic rings. The molecule has 0 aliphatic heterocycles. The van der Waals surface area contributed by atoms with Gasteiger partial charge in [-0.2, -0.15) is 4.98 Å². The van der Waals surface area contributed by atoms with E-state index in [2.05, 4.69) is 38.8 Å². The van der Waals surface area contributed by atoms with Crippen LogP contribution in [0.4, 0.5) is 0 Å². The molecular weight excluding hydrogens is 274 g/mol. The highest BCUT2D eigenvalue weighted by Gasteiger charge is 2.30. The van der Waals surface area contributed by atoms with Crippen molar-refractivity contribution >= 4 is 11.8 Å². The summed E-state index contributed by atoms with van der Waals surface area (Å²) in [4.78, 5) is 4.38. The summed E-state index contributed by atoms with van der Waals surface area (Å²) >= 11 is 1.63. The van der Waals surface area contributed by atoms with E-state index in [1.165, 1.54) is 12.8 Å². The third kappa shape index (κ3) is 2.59. The molecule has 7 heteroatoms. The average Bonchev–Trinajstić information content (AvgIpc) is 3.04. The number of aromatic nitrogens is 5. The van der Waals surface area contributed by atoms with Crippen LogP contribution in [-0.2, 0) is 13.0 Å². The lowest BCUT2D eigenvalue weighted by Gasteiger charge is -2.08. The Kier molecular flexibility index (Phi) is 3.78. The highest BCUT2D eigenvalue weighted by atomic mass is 32.2. The maximum atomic E-state index is 5.29. The van der Waals surface area contributed by atoms with Crippen LogP contribution in [0.5, 0.6) is 0 Å². The van der Waals surface area contributed by atoms with Gasteiger partial charge in [-0.3, -0.25) is 0 Å². The molecule has 0 aromatic carbocycles. The molecule has 0 spiro atoms. The zero-order valence-corrected chi connectivity index (χ0v) is 12.9. The standard InChI is InChI=1S/C13H19N5OS/c1-4-10-14-12(19-17-10)8(3)20-13-16-15-11(9-6-7-9)18(13)5-2/h8-9H,4-7H2,1-3H3. The van der Waals surface area contributed by atoms with Crippen molar-refractivity contribution in [2.24, 2.45) is 0 Å². The van der Waals surface area contributed by atoms with Gasteiger partial charge in [-0.1, -0.05) is 23.8 Å². The molecule has 0 saturated heterocycles. The number of hydrogen-bond donors (Lipinski definition) is 0. The van der Waals surface area contributed by atoms with Crippen molar-refractivity contribution in [1.29, 1.82) is 0 Å². The summed E-state index contributed by atoms with van der Waals surface area (Å²) < 4.78 is 7.49. The topological polar surface area (TPSA) is 69.6 Å². The van der Waals surface area contributed by atoms with Gasteiger partial charge in [-0.15, -0.1) is 10.2 Å². The second-order valence-corrected chi connectivity index (χ2v) is 6.33. The van der Waals surface area contributed by atoms with Crippen molar-refractivity contribution in [1.82, 2.24) is 24.9 Å². The van der Waals surface area contributed by atoms with Gasteiger partial charge in [0, 0.05) is 18.9 Å². The molecule has 0 amide bonds. The summed E-state index contributed by atoms with van der Waals surface area (Å²) in [5, 5.41) is 13.6. The number of thioether (sulfide) groups is 1. The maximum Gasteiger partial charge on any atom is 0.239 e. The van der Waals surface area contributed by atoms with Crippen LogP contribution < -0.4 is 0 Å². The second kappa shape index (κ2) is 5.55. The minimum atomic E-state index is 0.0874. The van der Waals surface area contributed by atoms with Crippen LogP contribution in [0.3, 0.4) is 0 Å². The molecule has 20 heavy (non-hydrogen) atoms. The fourth-order valence-electron chi connectivity index (χ4n) is 2.11. The van der Waals surface area contributed by atoms with Crippen LogP contribution in [0.2, 0.25) is 0 Å². The number of rotatable bonds is 6. The first-order valence-electron chi connectivity index (χ1n) is 7.15. The molecule has 1 aliphatic rings. The van der Waals surface area contributed by atoms with Gasteiger partial charge in [0.05, 0.1) is 5.25 Å². The van der Waals surface area contributed by atoms with Gasteiger partial charge in [0.25, 0.3) is 0 Å². The monoisotopic (exact) mass is 293 g/mol. The average molecular weight is 293 g/mol. The lowest BCUT2D eigenvalue weighted by atomic mass is 10.4. The number of aryl methyl sites for hydroxylation is 1. The minimum absolute atomic E-state index is 0.0874. The lowest BCUT2D eigenvalue weighted by Crippen LogP contribution is -2.03. The summed E-state index contributed by atoms with van der Waals surface area (Å²) in [6.07, 6.45) is 3.27. The zero-order valence-electron chi connectivity index (χ0n) is 12.0. The van der Waals surface area contributed by atoms with E-state index in [4.69, 9.17) is 4.52 Å². The summed E-state index contributed by atoms with van der Waals surface area (Å²) in [5.74, 6) is 3.15. The fraction of sp³-hybridized carbons (Fsp3) is 0.692. The van der Waals surface area contributed by atoms with Gasteiger partial charge in [-0.05, 0) is 26.7 Å². The Morgan fingerprint density at radius 1 is 1.35 bits per heavy atom.